The predicted octanol–water partition coefficient (Wildman–Crippen LogP) is 5.28. The molecule has 0 N–H and O–H groups in total. The van der Waals surface area contributed by atoms with E-state index in [9.17, 15) is 0 Å². The molecule has 0 radical (unpaired) electrons. The molecule has 2 nitrogen and oxygen atoms in total. The van der Waals surface area contributed by atoms with Gasteiger partial charge in [0, 0.05) is 41.8 Å². The highest BCUT2D eigenvalue weighted by Crippen LogP contribution is 2.46. The molecule has 4 rings (SSSR count). The SMILES string of the molecule is CC1=CC(C)CC(CCC2c3ccncc3-c3cnccc32)=C1. The van der Waals surface area contributed by atoms with Gasteiger partial charge in [0.1, 0.15) is 0 Å². The zero-order chi connectivity index (χ0) is 15.8. The van der Waals surface area contributed by atoms with Gasteiger partial charge >= 0.3 is 0 Å². The number of aromatic nitrogens is 2. The van der Waals surface area contributed by atoms with Gasteiger partial charge in [-0.15, -0.1) is 0 Å². The number of hydrogen-bond donors (Lipinski definition) is 0. The van der Waals surface area contributed by atoms with Gasteiger partial charge in [0.25, 0.3) is 0 Å². The Balaban J connectivity index is 1.61. The van der Waals surface area contributed by atoms with Crippen molar-refractivity contribution < 1.29 is 0 Å². The first-order chi connectivity index (χ1) is 11.2. The Bertz CT molecular complexity index is 755. The normalized spacial score (nSPS) is 19.8. The molecular weight excluding hydrogens is 280 g/mol. The van der Waals surface area contributed by atoms with Crippen molar-refractivity contribution in [3.8, 4) is 11.1 Å². The molecule has 1 atom stereocenters. The van der Waals surface area contributed by atoms with E-state index in [0.29, 0.717) is 11.8 Å². The van der Waals surface area contributed by atoms with E-state index in [-0.39, 0.29) is 0 Å². The third-order valence-electron chi connectivity index (χ3n) is 5.07. The zero-order valence-corrected chi connectivity index (χ0v) is 13.8. The summed E-state index contributed by atoms with van der Waals surface area (Å²) in [6, 6.07) is 4.37. The van der Waals surface area contributed by atoms with E-state index in [1.54, 1.807) is 5.57 Å². The Morgan fingerprint density at radius 2 is 1.70 bits per heavy atom. The molecular formula is C21H22N2. The molecule has 0 aromatic carbocycles. The van der Waals surface area contributed by atoms with E-state index in [0.717, 1.165) is 0 Å². The highest BCUT2D eigenvalue weighted by Gasteiger charge is 2.28. The van der Waals surface area contributed by atoms with Crippen LogP contribution >= 0.6 is 0 Å². The van der Waals surface area contributed by atoms with Crippen LogP contribution in [0.4, 0.5) is 0 Å². The number of hydrogen-bond acceptors (Lipinski definition) is 2. The van der Waals surface area contributed by atoms with Crippen LogP contribution in [-0.2, 0) is 0 Å². The summed E-state index contributed by atoms with van der Waals surface area (Å²) in [5, 5.41) is 0. The fourth-order valence-electron chi connectivity index (χ4n) is 4.20. The van der Waals surface area contributed by atoms with Crippen molar-refractivity contribution in [3.05, 3.63) is 71.3 Å². The van der Waals surface area contributed by atoms with Crippen LogP contribution in [0.1, 0.15) is 50.2 Å². The van der Waals surface area contributed by atoms with Gasteiger partial charge in [0.15, 0.2) is 0 Å². The minimum atomic E-state index is 0.480. The second kappa shape index (κ2) is 5.77. The lowest BCUT2D eigenvalue weighted by molar-refractivity contribution is 0.638. The van der Waals surface area contributed by atoms with Gasteiger partial charge < -0.3 is 0 Å². The number of nitrogens with zero attached hydrogens (tertiary/aromatic N) is 2. The quantitative estimate of drug-likeness (QED) is 0.770. The molecule has 2 aliphatic rings. The van der Waals surface area contributed by atoms with Crippen LogP contribution in [0, 0.1) is 5.92 Å². The smallest absolute Gasteiger partial charge is 0.0350 e. The number of fused-ring (bicyclic) bond motifs is 3. The maximum Gasteiger partial charge on any atom is 0.0350 e. The first kappa shape index (κ1) is 14.4. The van der Waals surface area contributed by atoms with Gasteiger partial charge in [0.2, 0.25) is 0 Å². The monoisotopic (exact) mass is 302 g/mol. The molecule has 1 unspecified atom stereocenters. The lowest BCUT2D eigenvalue weighted by Crippen LogP contribution is -2.03. The van der Waals surface area contributed by atoms with Crippen LogP contribution in [-0.4, -0.2) is 9.97 Å². The lowest BCUT2D eigenvalue weighted by Gasteiger charge is -2.19. The Hall–Kier alpha value is -2.22. The van der Waals surface area contributed by atoms with E-state index in [1.165, 1.54) is 47.1 Å². The minimum absolute atomic E-state index is 0.480. The van der Waals surface area contributed by atoms with Crippen molar-refractivity contribution in [2.24, 2.45) is 5.92 Å². The van der Waals surface area contributed by atoms with Gasteiger partial charge in [-0.3, -0.25) is 9.97 Å². The van der Waals surface area contributed by atoms with Crippen LogP contribution in [0.25, 0.3) is 11.1 Å². The summed E-state index contributed by atoms with van der Waals surface area (Å²) >= 11 is 0. The van der Waals surface area contributed by atoms with Gasteiger partial charge in [-0.2, -0.15) is 0 Å². The molecule has 116 valence electrons. The highest BCUT2D eigenvalue weighted by atomic mass is 14.7. The van der Waals surface area contributed by atoms with Crippen LogP contribution in [0.15, 0.2) is 60.2 Å². The average Bonchev–Trinajstić information content (AvgIpc) is 2.86. The summed E-state index contributed by atoms with van der Waals surface area (Å²) in [6.07, 6.45) is 16.1. The number of allylic oxidation sites excluding steroid dienone is 4. The van der Waals surface area contributed by atoms with Gasteiger partial charge in [-0.25, -0.2) is 0 Å². The van der Waals surface area contributed by atoms with Gasteiger partial charge in [-0.05, 0) is 55.4 Å². The van der Waals surface area contributed by atoms with Crippen molar-refractivity contribution in [2.75, 3.05) is 0 Å². The molecule has 23 heavy (non-hydrogen) atoms. The zero-order valence-electron chi connectivity index (χ0n) is 13.8. The third kappa shape index (κ3) is 2.63. The molecule has 0 bridgehead atoms. The molecule has 2 aromatic rings. The first-order valence-corrected chi connectivity index (χ1v) is 8.48. The standard InChI is InChI=1S/C21H22N2/c1-14-9-15(2)11-16(10-14)3-4-17-18-5-7-22-12-20(18)21-13-23-8-6-19(17)21/h5-10,12-13,15,17H,3-4,11H2,1-2H3. The largest absolute Gasteiger partial charge is 0.264 e. The Morgan fingerprint density at radius 1 is 1.04 bits per heavy atom. The van der Waals surface area contributed by atoms with Gasteiger partial charge in [0.05, 0.1) is 0 Å². The Labute approximate surface area is 138 Å². The van der Waals surface area contributed by atoms with Crippen LogP contribution in [0.3, 0.4) is 0 Å². The van der Waals surface area contributed by atoms with Crippen LogP contribution < -0.4 is 0 Å². The maximum atomic E-state index is 4.31. The molecule has 0 spiro atoms. The fraction of sp³-hybridized carbons (Fsp3) is 0.333. The van der Waals surface area contributed by atoms with E-state index >= 15 is 0 Å². The second-order valence-electron chi connectivity index (χ2n) is 6.91. The van der Waals surface area contributed by atoms with E-state index < -0.39 is 0 Å². The molecule has 0 aliphatic heterocycles. The second-order valence-corrected chi connectivity index (χ2v) is 6.91. The molecule has 0 amide bonds. The summed E-state index contributed by atoms with van der Waals surface area (Å²) in [4.78, 5) is 8.63. The van der Waals surface area contributed by atoms with Crippen molar-refractivity contribution in [2.45, 2.75) is 39.0 Å². The summed E-state index contributed by atoms with van der Waals surface area (Å²) in [5.74, 6) is 1.15. The van der Waals surface area contributed by atoms with Crippen molar-refractivity contribution >= 4 is 0 Å². The van der Waals surface area contributed by atoms with Crippen LogP contribution in [0.5, 0.6) is 0 Å². The summed E-state index contributed by atoms with van der Waals surface area (Å²) in [6.45, 7) is 4.53. The van der Waals surface area contributed by atoms with Crippen molar-refractivity contribution in [1.82, 2.24) is 9.97 Å². The first-order valence-electron chi connectivity index (χ1n) is 8.48. The maximum absolute atomic E-state index is 4.31. The molecule has 2 heterocycles. The molecule has 2 aromatic heterocycles. The molecule has 2 aliphatic carbocycles. The third-order valence-corrected chi connectivity index (χ3v) is 5.07. The molecule has 0 fully saturated rings. The summed E-state index contributed by atoms with van der Waals surface area (Å²) < 4.78 is 0. The van der Waals surface area contributed by atoms with Gasteiger partial charge in [-0.1, -0.05) is 30.2 Å². The van der Waals surface area contributed by atoms with Crippen molar-refractivity contribution in [1.29, 1.82) is 0 Å². The van der Waals surface area contributed by atoms with Crippen molar-refractivity contribution in [3.63, 3.8) is 0 Å². The highest BCUT2D eigenvalue weighted by molar-refractivity contribution is 5.77. The summed E-state index contributed by atoms with van der Waals surface area (Å²) in [5.41, 5.74) is 8.37. The average molecular weight is 302 g/mol. The molecule has 2 heteroatoms. The number of rotatable bonds is 3. The molecule has 0 saturated carbocycles. The summed E-state index contributed by atoms with van der Waals surface area (Å²) in [7, 11) is 0. The van der Waals surface area contributed by atoms with E-state index in [2.05, 4.69) is 48.1 Å². The topological polar surface area (TPSA) is 25.8 Å². The lowest BCUT2D eigenvalue weighted by atomic mass is 9.85. The Kier molecular flexibility index (Phi) is 3.60. The van der Waals surface area contributed by atoms with E-state index in [4.69, 9.17) is 0 Å². The van der Waals surface area contributed by atoms with E-state index in [1.807, 2.05) is 24.8 Å². The van der Waals surface area contributed by atoms with Crippen LogP contribution in [0.2, 0.25) is 0 Å². The Morgan fingerprint density at radius 3 is 2.30 bits per heavy atom. The number of pyridine rings is 2. The minimum Gasteiger partial charge on any atom is -0.264 e. The fourth-order valence-corrected chi connectivity index (χ4v) is 4.20. The molecule has 0 saturated heterocycles. The predicted molar refractivity (Wildman–Crippen MR) is 94.2 cm³/mol.